The molecule has 0 amide bonds. The molecule has 1 saturated heterocycles. The first kappa shape index (κ1) is 12.7. The van der Waals surface area contributed by atoms with Crippen molar-refractivity contribution in [3.63, 3.8) is 0 Å². The average molecular weight is 271 g/mol. The largest absolute Gasteiger partial charge is 0.508 e. The van der Waals surface area contributed by atoms with Crippen molar-refractivity contribution in [1.29, 1.82) is 0 Å². The molecule has 0 radical (unpaired) electrons. The van der Waals surface area contributed by atoms with E-state index in [1.165, 1.54) is 62.7 Å². The molecule has 3 atom stereocenters. The lowest BCUT2D eigenvalue weighted by Gasteiger charge is -2.59. The second-order valence-electron chi connectivity index (χ2n) is 7.00. The van der Waals surface area contributed by atoms with E-state index in [1.54, 1.807) is 0 Å². The van der Waals surface area contributed by atoms with Crippen LogP contribution in [0.4, 0.5) is 0 Å². The van der Waals surface area contributed by atoms with Gasteiger partial charge in [0.15, 0.2) is 0 Å². The number of hydrogen-bond donors (Lipinski definition) is 1. The molecular formula is C18H25NO. The van der Waals surface area contributed by atoms with E-state index in [4.69, 9.17) is 0 Å². The first-order valence-electron chi connectivity index (χ1n) is 8.31. The Kier molecular flexibility index (Phi) is 2.85. The quantitative estimate of drug-likeness (QED) is 0.845. The summed E-state index contributed by atoms with van der Waals surface area (Å²) in [6.45, 7) is 4.74. The Morgan fingerprint density at radius 2 is 2.20 bits per heavy atom. The third-order valence-electron chi connectivity index (χ3n) is 6.34. The number of phenolic OH excluding ortho intramolecular Hbond substituents is 1. The standard InChI is InChI=1S/C18H25NO/c1-2-19-10-9-18-8-4-3-5-15(18)17(19)11-13-6-7-14(20)12-16(13)18/h6-7,12,15,17,20H,2-5,8-11H2,1H3/t15-,17+,18-/m0/s1. The van der Waals surface area contributed by atoms with Crippen molar-refractivity contribution >= 4 is 0 Å². The molecular weight excluding hydrogens is 246 g/mol. The monoisotopic (exact) mass is 271 g/mol. The van der Waals surface area contributed by atoms with Crippen LogP contribution in [0.5, 0.6) is 5.75 Å². The number of likely N-dealkylation sites (N-methyl/N-ethyl adjacent to an activating group) is 1. The van der Waals surface area contributed by atoms with Gasteiger partial charge in [-0.15, -0.1) is 0 Å². The molecule has 1 heterocycles. The van der Waals surface area contributed by atoms with Crippen molar-refractivity contribution in [2.45, 2.75) is 56.9 Å². The lowest BCUT2D eigenvalue weighted by Crippen LogP contribution is -2.60. The first-order valence-corrected chi connectivity index (χ1v) is 8.31. The SMILES string of the molecule is CCN1CC[C@@]23CCCC[C@H]2[C@H]1Cc1ccc(O)cc13. The van der Waals surface area contributed by atoms with Gasteiger partial charge in [-0.2, -0.15) is 0 Å². The van der Waals surface area contributed by atoms with Gasteiger partial charge in [0.05, 0.1) is 0 Å². The average Bonchev–Trinajstić information content (AvgIpc) is 2.48. The lowest BCUT2D eigenvalue weighted by molar-refractivity contribution is -0.00847. The van der Waals surface area contributed by atoms with Crippen molar-refractivity contribution in [2.75, 3.05) is 13.1 Å². The molecule has 1 N–H and O–H groups in total. The Balaban J connectivity index is 1.87. The number of likely N-dealkylation sites (tertiary alicyclic amines) is 1. The molecule has 2 fully saturated rings. The molecule has 20 heavy (non-hydrogen) atoms. The van der Waals surface area contributed by atoms with Gasteiger partial charge in [0.1, 0.15) is 5.75 Å². The molecule has 1 aromatic rings. The zero-order valence-electron chi connectivity index (χ0n) is 12.4. The summed E-state index contributed by atoms with van der Waals surface area (Å²) in [6, 6.07) is 6.89. The number of benzene rings is 1. The van der Waals surface area contributed by atoms with Crippen molar-refractivity contribution in [1.82, 2.24) is 4.90 Å². The molecule has 2 nitrogen and oxygen atoms in total. The van der Waals surface area contributed by atoms with Gasteiger partial charge in [-0.25, -0.2) is 0 Å². The van der Waals surface area contributed by atoms with Crippen LogP contribution in [0.1, 0.15) is 50.2 Å². The highest BCUT2D eigenvalue weighted by Gasteiger charge is 2.53. The van der Waals surface area contributed by atoms with E-state index in [0.29, 0.717) is 11.2 Å². The maximum Gasteiger partial charge on any atom is 0.115 e. The summed E-state index contributed by atoms with van der Waals surface area (Å²) in [5, 5.41) is 9.96. The number of aromatic hydroxyl groups is 1. The number of hydrogen-bond acceptors (Lipinski definition) is 2. The van der Waals surface area contributed by atoms with E-state index >= 15 is 0 Å². The minimum atomic E-state index is 0.376. The minimum absolute atomic E-state index is 0.376. The van der Waals surface area contributed by atoms with Crippen LogP contribution in [-0.4, -0.2) is 29.1 Å². The smallest absolute Gasteiger partial charge is 0.115 e. The van der Waals surface area contributed by atoms with E-state index < -0.39 is 0 Å². The topological polar surface area (TPSA) is 23.5 Å². The number of rotatable bonds is 1. The van der Waals surface area contributed by atoms with E-state index in [2.05, 4.69) is 24.0 Å². The van der Waals surface area contributed by atoms with Crippen LogP contribution < -0.4 is 0 Å². The maximum absolute atomic E-state index is 9.96. The van der Waals surface area contributed by atoms with Crippen LogP contribution >= 0.6 is 0 Å². The van der Waals surface area contributed by atoms with Crippen LogP contribution in [0, 0.1) is 5.92 Å². The zero-order valence-corrected chi connectivity index (χ0v) is 12.4. The second kappa shape index (κ2) is 4.49. The van der Waals surface area contributed by atoms with Crippen molar-refractivity contribution in [3.8, 4) is 5.75 Å². The maximum atomic E-state index is 9.96. The highest BCUT2D eigenvalue weighted by molar-refractivity contribution is 5.45. The zero-order chi connectivity index (χ0) is 13.7. The molecule has 2 heteroatoms. The summed E-state index contributed by atoms with van der Waals surface area (Å²) in [4.78, 5) is 2.71. The second-order valence-corrected chi connectivity index (χ2v) is 7.00. The molecule has 0 aromatic heterocycles. The molecule has 1 aromatic carbocycles. The van der Waals surface area contributed by atoms with Crippen molar-refractivity contribution in [2.24, 2.45) is 5.92 Å². The van der Waals surface area contributed by atoms with Gasteiger partial charge in [0.25, 0.3) is 0 Å². The molecule has 1 saturated carbocycles. The fraction of sp³-hybridized carbons (Fsp3) is 0.667. The van der Waals surface area contributed by atoms with E-state index in [1.807, 2.05) is 6.07 Å². The third kappa shape index (κ3) is 1.60. The molecule has 0 unspecified atom stereocenters. The van der Waals surface area contributed by atoms with Crippen LogP contribution in [-0.2, 0) is 11.8 Å². The fourth-order valence-electron chi connectivity index (χ4n) is 5.47. The van der Waals surface area contributed by atoms with Gasteiger partial charge in [-0.05, 0) is 68.0 Å². The number of piperidine rings is 1. The molecule has 2 aliphatic carbocycles. The molecule has 0 spiro atoms. The molecule has 2 bridgehead atoms. The van der Waals surface area contributed by atoms with Crippen LogP contribution in [0.15, 0.2) is 18.2 Å². The fourth-order valence-corrected chi connectivity index (χ4v) is 5.47. The predicted molar refractivity (Wildman–Crippen MR) is 81.1 cm³/mol. The van der Waals surface area contributed by atoms with Gasteiger partial charge >= 0.3 is 0 Å². The third-order valence-corrected chi connectivity index (χ3v) is 6.34. The summed E-state index contributed by atoms with van der Waals surface area (Å²) in [5.74, 6) is 1.28. The number of phenols is 1. The van der Waals surface area contributed by atoms with Crippen LogP contribution in [0.3, 0.4) is 0 Å². The summed E-state index contributed by atoms with van der Waals surface area (Å²) < 4.78 is 0. The number of fused-ring (bicyclic) bond motifs is 1. The Bertz CT molecular complexity index is 526. The highest BCUT2D eigenvalue weighted by atomic mass is 16.3. The molecule has 4 rings (SSSR count). The first-order chi connectivity index (χ1) is 9.74. The molecule has 1 aliphatic heterocycles. The highest BCUT2D eigenvalue weighted by Crippen LogP contribution is 2.56. The Hall–Kier alpha value is -1.02. The molecule has 108 valence electrons. The summed E-state index contributed by atoms with van der Waals surface area (Å²) >= 11 is 0. The lowest BCUT2D eigenvalue weighted by atomic mass is 9.52. The normalized spacial score (nSPS) is 36.2. The van der Waals surface area contributed by atoms with Gasteiger partial charge in [-0.1, -0.05) is 25.8 Å². The van der Waals surface area contributed by atoms with Crippen LogP contribution in [0.2, 0.25) is 0 Å². The summed E-state index contributed by atoms with van der Waals surface area (Å²) in [7, 11) is 0. The minimum Gasteiger partial charge on any atom is -0.508 e. The van der Waals surface area contributed by atoms with Crippen molar-refractivity contribution in [3.05, 3.63) is 29.3 Å². The Morgan fingerprint density at radius 1 is 1.30 bits per heavy atom. The van der Waals surface area contributed by atoms with E-state index in [0.717, 1.165) is 12.0 Å². The number of nitrogens with zero attached hydrogens (tertiary/aromatic N) is 1. The van der Waals surface area contributed by atoms with Gasteiger partial charge in [0, 0.05) is 11.5 Å². The molecule has 3 aliphatic rings. The summed E-state index contributed by atoms with van der Waals surface area (Å²) in [6.07, 6.45) is 7.96. The Labute approximate surface area is 121 Å². The van der Waals surface area contributed by atoms with Gasteiger partial charge in [0.2, 0.25) is 0 Å². The van der Waals surface area contributed by atoms with E-state index in [-0.39, 0.29) is 0 Å². The van der Waals surface area contributed by atoms with E-state index in [9.17, 15) is 5.11 Å². The summed E-state index contributed by atoms with van der Waals surface area (Å²) in [5.41, 5.74) is 3.37. The predicted octanol–water partition coefficient (Wildman–Crippen LogP) is 3.47. The van der Waals surface area contributed by atoms with Gasteiger partial charge in [-0.3, -0.25) is 4.90 Å². The van der Waals surface area contributed by atoms with Crippen molar-refractivity contribution < 1.29 is 5.11 Å². The van der Waals surface area contributed by atoms with Crippen LogP contribution in [0.25, 0.3) is 0 Å². The Morgan fingerprint density at radius 3 is 3.05 bits per heavy atom. The van der Waals surface area contributed by atoms with Gasteiger partial charge < -0.3 is 5.11 Å².